The third-order valence-corrected chi connectivity index (χ3v) is 2.40. The van der Waals surface area contributed by atoms with Crippen molar-refractivity contribution in [3.63, 3.8) is 0 Å². The van der Waals surface area contributed by atoms with Crippen molar-refractivity contribution in [1.82, 2.24) is 0 Å². The first-order valence-corrected chi connectivity index (χ1v) is 5.00. The second-order valence-electron chi connectivity index (χ2n) is 3.68. The van der Waals surface area contributed by atoms with Gasteiger partial charge in [0.05, 0.1) is 0 Å². The minimum atomic E-state index is -0.530. The highest BCUT2D eigenvalue weighted by Crippen LogP contribution is 2.29. The van der Waals surface area contributed by atoms with Gasteiger partial charge in [-0.25, -0.2) is 4.79 Å². The highest BCUT2D eigenvalue weighted by atomic mass is 16.5. The van der Waals surface area contributed by atoms with Crippen molar-refractivity contribution in [3.8, 4) is 5.75 Å². The molecule has 0 fully saturated rings. The number of nitrogen functional groups attached to an aromatic ring is 1. The first-order chi connectivity index (χ1) is 7.99. The van der Waals surface area contributed by atoms with Crippen molar-refractivity contribution in [1.29, 1.82) is 0 Å². The molecular formula is C12H11NO4. The molecule has 0 aliphatic heterocycles. The summed E-state index contributed by atoms with van der Waals surface area (Å²) in [7, 11) is 0. The van der Waals surface area contributed by atoms with Gasteiger partial charge in [-0.15, -0.1) is 0 Å². The summed E-state index contributed by atoms with van der Waals surface area (Å²) in [6.45, 7) is 3.00. The van der Waals surface area contributed by atoms with Crippen LogP contribution in [0.5, 0.6) is 5.75 Å². The molecule has 0 saturated heterocycles. The summed E-state index contributed by atoms with van der Waals surface area (Å²) in [5, 5.41) is 0.623. The van der Waals surface area contributed by atoms with E-state index in [4.69, 9.17) is 14.9 Å². The van der Waals surface area contributed by atoms with Crippen LogP contribution in [-0.4, -0.2) is 5.97 Å². The summed E-state index contributed by atoms with van der Waals surface area (Å²) >= 11 is 0. The highest BCUT2D eigenvalue weighted by molar-refractivity contribution is 5.92. The summed E-state index contributed by atoms with van der Waals surface area (Å²) in [4.78, 5) is 22.1. The van der Waals surface area contributed by atoms with E-state index < -0.39 is 11.6 Å². The van der Waals surface area contributed by atoms with E-state index in [1.54, 1.807) is 19.1 Å². The lowest BCUT2D eigenvalue weighted by Crippen LogP contribution is -2.05. The molecule has 5 nitrogen and oxygen atoms in total. The predicted molar refractivity (Wildman–Crippen MR) is 62.9 cm³/mol. The molecule has 17 heavy (non-hydrogen) atoms. The van der Waals surface area contributed by atoms with Crippen LogP contribution >= 0.6 is 0 Å². The zero-order valence-corrected chi connectivity index (χ0v) is 9.44. The second kappa shape index (κ2) is 3.93. The Labute approximate surface area is 96.8 Å². The minimum Gasteiger partial charge on any atom is -0.426 e. The lowest BCUT2D eigenvalue weighted by atomic mass is 10.1. The molecule has 88 valence electrons. The Bertz CT molecular complexity index is 657. The number of esters is 1. The molecule has 1 aromatic heterocycles. The van der Waals surface area contributed by atoms with Gasteiger partial charge in [-0.05, 0) is 19.1 Å². The van der Waals surface area contributed by atoms with Crippen LogP contribution in [-0.2, 0) is 4.79 Å². The van der Waals surface area contributed by atoms with Gasteiger partial charge in [-0.1, -0.05) is 0 Å². The highest BCUT2D eigenvalue weighted by Gasteiger charge is 2.11. The molecule has 1 heterocycles. The fourth-order valence-corrected chi connectivity index (χ4v) is 1.63. The van der Waals surface area contributed by atoms with Crippen LogP contribution in [0, 0.1) is 6.92 Å². The van der Waals surface area contributed by atoms with Crippen LogP contribution in [0.2, 0.25) is 0 Å². The van der Waals surface area contributed by atoms with E-state index >= 15 is 0 Å². The van der Waals surface area contributed by atoms with Crippen molar-refractivity contribution >= 4 is 22.6 Å². The number of hydrogen-bond donors (Lipinski definition) is 1. The Morgan fingerprint density at radius 1 is 1.41 bits per heavy atom. The summed E-state index contributed by atoms with van der Waals surface area (Å²) in [6, 6.07) is 4.49. The van der Waals surface area contributed by atoms with Crippen LogP contribution in [0.15, 0.2) is 27.4 Å². The van der Waals surface area contributed by atoms with E-state index in [0.29, 0.717) is 28.0 Å². The summed E-state index contributed by atoms with van der Waals surface area (Å²) in [6.07, 6.45) is 0. The normalized spacial score (nSPS) is 10.5. The van der Waals surface area contributed by atoms with Gasteiger partial charge in [0, 0.05) is 29.6 Å². The van der Waals surface area contributed by atoms with Gasteiger partial charge in [0.15, 0.2) is 0 Å². The number of benzene rings is 1. The summed E-state index contributed by atoms with van der Waals surface area (Å²) < 4.78 is 10.1. The number of carbonyl (C=O) groups excluding carboxylic acids is 1. The lowest BCUT2D eigenvalue weighted by Gasteiger charge is -2.08. The molecule has 0 atom stereocenters. The quantitative estimate of drug-likeness (QED) is 0.459. The third-order valence-electron chi connectivity index (χ3n) is 2.40. The van der Waals surface area contributed by atoms with E-state index in [9.17, 15) is 9.59 Å². The summed E-state index contributed by atoms with van der Waals surface area (Å²) in [5.74, 6) is -0.0718. The fraction of sp³-hybridized carbons (Fsp3) is 0.167. The predicted octanol–water partition coefficient (Wildman–Crippen LogP) is 1.61. The van der Waals surface area contributed by atoms with Crippen molar-refractivity contribution < 1.29 is 13.9 Å². The number of aryl methyl sites for hydroxylation is 1. The van der Waals surface area contributed by atoms with Gasteiger partial charge in [-0.2, -0.15) is 0 Å². The SMILES string of the molecule is CC(=O)Oc1ccc2c(N)cc(=O)oc2c1C. The van der Waals surface area contributed by atoms with Gasteiger partial charge in [0.2, 0.25) is 0 Å². The average Bonchev–Trinajstić information content (AvgIpc) is 2.22. The Morgan fingerprint density at radius 3 is 2.76 bits per heavy atom. The van der Waals surface area contributed by atoms with E-state index in [2.05, 4.69) is 0 Å². The summed E-state index contributed by atoms with van der Waals surface area (Å²) in [5.41, 5.74) is 6.43. The van der Waals surface area contributed by atoms with Crippen molar-refractivity contribution in [3.05, 3.63) is 34.2 Å². The number of carbonyl (C=O) groups is 1. The first-order valence-electron chi connectivity index (χ1n) is 5.00. The van der Waals surface area contributed by atoms with Crippen LogP contribution < -0.4 is 16.1 Å². The van der Waals surface area contributed by atoms with Crippen molar-refractivity contribution in [2.24, 2.45) is 0 Å². The molecule has 0 spiro atoms. The molecule has 0 aliphatic carbocycles. The Balaban J connectivity index is 2.75. The topological polar surface area (TPSA) is 82.5 Å². The average molecular weight is 233 g/mol. The van der Waals surface area contributed by atoms with E-state index in [0.717, 1.165) is 0 Å². The fourth-order valence-electron chi connectivity index (χ4n) is 1.63. The van der Waals surface area contributed by atoms with Gasteiger partial charge in [-0.3, -0.25) is 4.79 Å². The Kier molecular flexibility index (Phi) is 2.59. The molecule has 2 rings (SSSR count). The minimum absolute atomic E-state index is 0.341. The molecular weight excluding hydrogens is 222 g/mol. The number of rotatable bonds is 1. The number of ether oxygens (including phenoxy) is 1. The van der Waals surface area contributed by atoms with Crippen LogP contribution in [0.3, 0.4) is 0 Å². The van der Waals surface area contributed by atoms with E-state index in [-0.39, 0.29) is 0 Å². The molecule has 2 aromatic rings. The molecule has 5 heteroatoms. The van der Waals surface area contributed by atoms with Gasteiger partial charge >= 0.3 is 11.6 Å². The first kappa shape index (κ1) is 11.2. The Morgan fingerprint density at radius 2 is 2.12 bits per heavy atom. The number of fused-ring (bicyclic) bond motifs is 1. The lowest BCUT2D eigenvalue weighted by molar-refractivity contribution is -0.131. The smallest absolute Gasteiger partial charge is 0.338 e. The molecule has 1 aromatic carbocycles. The molecule has 0 aliphatic rings. The zero-order valence-electron chi connectivity index (χ0n) is 9.44. The van der Waals surface area contributed by atoms with Gasteiger partial charge < -0.3 is 14.9 Å². The maximum atomic E-state index is 11.2. The molecule has 0 radical (unpaired) electrons. The molecule has 0 unspecified atom stereocenters. The molecule has 0 bridgehead atoms. The second-order valence-corrected chi connectivity index (χ2v) is 3.68. The zero-order chi connectivity index (χ0) is 12.6. The van der Waals surface area contributed by atoms with E-state index in [1.807, 2.05) is 0 Å². The van der Waals surface area contributed by atoms with E-state index in [1.165, 1.54) is 13.0 Å². The van der Waals surface area contributed by atoms with Crippen LogP contribution in [0.1, 0.15) is 12.5 Å². The third kappa shape index (κ3) is 1.99. The van der Waals surface area contributed by atoms with Gasteiger partial charge in [0.25, 0.3) is 0 Å². The number of hydrogen-bond acceptors (Lipinski definition) is 5. The number of anilines is 1. The molecule has 0 saturated carbocycles. The van der Waals surface area contributed by atoms with Crippen molar-refractivity contribution in [2.45, 2.75) is 13.8 Å². The van der Waals surface area contributed by atoms with Gasteiger partial charge in [0.1, 0.15) is 11.3 Å². The largest absolute Gasteiger partial charge is 0.426 e. The molecule has 0 amide bonds. The van der Waals surface area contributed by atoms with Crippen LogP contribution in [0.25, 0.3) is 11.0 Å². The number of nitrogens with two attached hydrogens (primary N) is 1. The van der Waals surface area contributed by atoms with Crippen molar-refractivity contribution in [2.75, 3.05) is 5.73 Å². The monoisotopic (exact) mass is 233 g/mol. The standard InChI is InChI=1S/C12H11NO4/c1-6-10(16-7(2)14)4-3-8-9(13)5-11(15)17-12(6)8/h3-5H,13H2,1-2H3. The maximum Gasteiger partial charge on any atom is 0.338 e. The Hall–Kier alpha value is -2.30. The molecule has 2 N–H and O–H groups in total. The maximum absolute atomic E-state index is 11.2. The van der Waals surface area contributed by atoms with Crippen LogP contribution in [0.4, 0.5) is 5.69 Å².